The summed E-state index contributed by atoms with van der Waals surface area (Å²) in [7, 11) is 0. The fraction of sp³-hybridized carbons (Fsp3) is 0.450. The molecule has 9 nitrogen and oxygen atoms in total. The Morgan fingerprint density at radius 2 is 1.83 bits per heavy atom. The van der Waals surface area contributed by atoms with Crippen LogP contribution in [0.1, 0.15) is 32.3 Å². The van der Waals surface area contributed by atoms with Gasteiger partial charge in [-0.2, -0.15) is 12.6 Å². The summed E-state index contributed by atoms with van der Waals surface area (Å²) in [6, 6.07) is 6.60. The van der Waals surface area contributed by atoms with Crippen LogP contribution in [-0.2, 0) is 30.4 Å². The Bertz CT molecular complexity index is 827. The van der Waals surface area contributed by atoms with Crippen LogP contribution in [0, 0.1) is 0 Å². The maximum absolute atomic E-state index is 12.2. The molecule has 1 aromatic rings. The number of carbonyl (C=O) groups is 5. The Hall–Kier alpha value is -2.88. The minimum Gasteiger partial charge on any atom is -0.347 e. The van der Waals surface area contributed by atoms with E-state index in [1.54, 1.807) is 12.1 Å². The molecule has 0 spiro atoms. The second-order valence-electron chi connectivity index (χ2n) is 6.96. The fourth-order valence-electron chi connectivity index (χ4n) is 2.81. The lowest BCUT2D eigenvalue weighted by Gasteiger charge is -2.15. The van der Waals surface area contributed by atoms with Gasteiger partial charge in [0.2, 0.25) is 29.5 Å². The van der Waals surface area contributed by atoms with Crippen molar-refractivity contribution in [3.63, 3.8) is 0 Å². The van der Waals surface area contributed by atoms with Crippen LogP contribution in [0.4, 0.5) is 5.69 Å². The number of anilines is 1. The van der Waals surface area contributed by atoms with Gasteiger partial charge in [0.15, 0.2) is 0 Å². The van der Waals surface area contributed by atoms with Crippen LogP contribution in [0.15, 0.2) is 24.3 Å². The van der Waals surface area contributed by atoms with Gasteiger partial charge < -0.3 is 16.0 Å². The van der Waals surface area contributed by atoms with E-state index in [2.05, 4.69) is 28.6 Å². The number of amides is 5. The summed E-state index contributed by atoms with van der Waals surface area (Å²) in [5.74, 6) is -2.18. The van der Waals surface area contributed by atoms with Crippen LogP contribution >= 0.6 is 12.6 Å². The number of thiol groups is 1. The highest BCUT2D eigenvalue weighted by molar-refractivity contribution is 7.81. The summed E-state index contributed by atoms with van der Waals surface area (Å²) in [5, 5.41) is 6.95. The van der Waals surface area contributed by atoms with E-state index in [0.29, 0.717) is 5.69 Å². The first-order valence-corrected chi connectivity index (χ1v) is 10.2. The molecule has 1 heterocycles. The molecule has 1 aliphatic heterocycles. The first-order valence-electron chi connectivity index (χ1n) is 9.69. The summed E-state index contributed by atoms with van der Waals surface area (Å²) in [6.07, 6.45) is 0.802. The van der Waals surface area contributed by atoms with E-state index in [0.717, 1.165) is 16.9 Å². The maximum atomic E-state index is 12.2. The average molecular weight is 435 g/mol. The summed E-state index contributed by atoms with van der Waals surface area (Å²) in [5.41, 5.74) is 1.77. The molecule has 1 aliphatic rings. The van der Waals surface area contributed by atoms with Gasteiger partial charge in [0, 0.05) is 25.1 Å². The zero-order chi connectivity index (χ0) is 22.3. The SMILES string of the molecule is CCc1ccc(NC(=O)C(C)NC(=O)CNC(=O)CCN2C(=O)CC(S)C2=O)cc1. The highest BCUT2D eigenvalue weighted by atomic mass is 32.1. The van der Waals surface area contributed by atoms with E-state index in [1.165, 1.54) is 6.92 Å². The quantitative estimate of drug-likeness (QED) is 0.328. The number of hydrogen-bond acceptors (Lipinski definition) is 6. The number of imide groups is 1. The van der Waals surface area contributed by atoms with Crippen molar-refractivity contribution in [3.05, 3.63) is 29.8 Å². The predicted molar refractivity (Wildman–Crippen MR) is 114 cm³/mol. The molecule has 3 N–H and O–H groups in total. The number of nitrogens with one attached hydrogen (secondary N) is 3. The van der Waals surface area contributed by atoms with Crippen molar-refractivity contribution >= 4 is 47.9 Å². The largest absolute Gasteiger partial charge is 0.347 e. The van der Waals surface area contributed by atoms with Gasteiger partial charge >= 0.3 is 0 Å². The lowest BCUT2D eigenvalue weighted by molar-refractivity contribution is -0.138. The molecule has 162 valence electrons. The van der Waals surface area contributed by atoms with Crippen molar-refractivity contribution in [1.29, 1.82) is 0 Å². The molecule has 0 radical (unpaired) electrons. The molecule has 30 heavy (non-hydrogen) atoms. The molecular formula is C20H26N4O5S. The van der Waals surface area contributed by atoms with E-state index in [-0.39, 0.29) is 37.7 Å². The molecule has 10 heteroatoms. The van der Waals surface area contributed by atoms with Crippen LogP contribution in [0.2, 0.25) is 0 Å². The average Bonchev–Trinajstić information content (AvgIpc) is 2.96. The normalized spacial score (nSPS) is 16.9. The zero-order valence-corrected chi connectivity index (χ0v) is 17.8. The molecule has 1 fully saturated rings. The van der Waals surface area contributed by atoms with Crippen LogP contribution in [0.5, 0.6) is 0 Å². The van der Waals surface area contributed by atoms with Crippen molar-refractivity contribution in [1.82, 2.24) is 15.5 Å². The topological polar surface area (TPSA) is 125 Å². The summed E-state index contributed by atoms with van der Waals surface area (Å²) < 4.78 is 0. The number of hydrogen-bond donors (Lipinski definition) is 4. The molecule has 1 aromatic carbocycles. The highest BCUT2D eigenvalue weighted by Gasteiger charge is 2.36. The lowest BCUT2D eigenvalue weighted by atomic mass is 10.1. The van der Waals surface area contributed by atoms with Gasteiger partial charge in [-0.15, -0.1) is 0 Å². The minimum atomic E-state index is -0.799. The van der Waals surface area contributed by atoms with Crippen molar-refractivity contribution in [2.75, 3.05) is 18.4 Å². The van der Waals surface area contributed by atoms with Crippen LogP contribution in [-0.4, -0.2) is 58.8 Å². The molecule has 2 unspecified atom stereocenters. The summed E-state index contributed by atoms with van der Waals surface area (Å²) in [4.78, 5) is 60.4. The van der Waals surface area contributed by atoms with Gasteiger partial charge in [-0.25, -0.2) is 0 Å². The number of benzene rings is 1. The monoisotopic (exact) mass is 434 g/mol. The number of nitrogens with zero attached hydrogens (tertiary/aromatic N) is 1. The summed E-state index contributed by atoms with van der Waals surface area (Å²) >= 11 is 4.01. The fourth-order valence-corrected chi connectivity index (χ4v) is 3.11. The minimum absolute atomic E-state index is 0.0225. The van der Waals surface area contributed by atoms with E-state index in [1.807, 2.05) is 19.1 Å². The Kier molecular flexibility index (Phi) is 8.40. The lowest BCUT2D eigenvalue weighted by Crippen LogP contribution is -2.46. The van der Waals surface area contributed by atoms with E-state index in [9.17, 15) is 24.0 Å². The van der Waals surface area contributed by atoms with E-state index in [4.69, 9.17) is 0 Å². The van der Waals surface area contributed by atoms with E-state index < -0.39 is 29.0 Å². The maximum Gasteiger partial charge on any atom is 0.246 e. The van der Waals surface area contributed by atoms with Crippen LogP contribution in [0.3, 0.4) is 0 Å². The van der Waals surface area contributed by atoms with Gasteiger partial charge in [-0.3, -0.25) is 28.9 Å². The Labute approximate surface area is 180 Å². The Balaban J connectivity index is 1.70. The first kappa shape index (κ1) is 23.4. The third-order valence-electron chi connectivity index (χ3n) is 4.63. The van der Waals surface area contributed by atoms with Gasteiger partial charge in [0.05, 0.1) is 11.8 Å². The predicted octanol–water partition coefficient (Wildman–Crippen LogP) is 0.256. The molecule has 0 bridgehead atoms. The molecule has 0 aliphatic carbocycles. The standard InChI is InChI=1S/C20H26N4O5S/c1-3-13-4-6-14(7-5-13)23-19(28)12(2)22-17(26)11-21-16(25)8-9-24-18(27)10-15(30)20(24)29/h4-7,12,15,30H,3,8-11H2,1-2H3,(H,21,25)(H,22,26)(H,23,28). The highest BCUT2D eigenvalue weighted by Crippen LogP contribution is 2.17. The molecule has 2 atom stereocenters. The van der Waals surface area contributed by atoms with Crippen LogP contribution in [0.25, 0.3) is 0 Å². The number of aryl methyl sites for hydroxylation is 1. The number of rotatable bonds is 9. The summed E-state index contributed by atoms with van der Waals surface area (Å²) in [6.45, 7) is 3.19. The molecule has 1 saturated heterocycles. The van der Waals surface area contributed by atoms with Crippen LogP contribution < -0.4 is 16.0 Å². The van der Waals surface area contributed by atoms with Gasteiger partial charge in [-0.05, 0) is 31.0 Å². The number of carbonyl (C=O) groups excluding carboxylic acids is 5. The molecule has 2 rings (SSSR count). The Morgan fingerprint density at radius 1 is 1.17 bits per heavy atom. The van der Waals surface area contributed by atoms with Crippen molar-refractivity contribution in [3.8, 4) is 0 Å². The third kappa shape index (κ3) is 6.58. The Morgan fingerprint density at radius 3 is 2.40 bits per heavy atom. The molecule has 0 saturated carbocycles. The number of likely N-dealkylation sites (tertiary alicyclic amines) is 1. The third-order valence-corrected chi connectivity index (χ3v) is 5.03. The van der Waals surface area contributed by atoms with Crippen molar-refractivity contribution in [2.45, 2.75) is 44.4 Å². The zero-order valence-electron chi connectivity index (χ0n) is 16.9. The van der Waals surface area contributed by atoms with Crippen molar-refractivity contribution in [2.24, 2.45) is 0 Å². The smallest absolute Gasteiger partial charge is 0.246 e. The van der Waals surface area contributed by atoms with Gasteiger partial charge in [0.25, 0.3) is 0 Å². The first-order chi connectivity index (χ1) is 14.2. The molecule has 5 amide bonds. The second kappa shape index (κ2) is 10.8. The van der Waals surface area contributed by atoms with E-state index >= 15 is 0 Å². The van der Waals surface area contributed by atoms with Gasteiger partial charge in [-0.1, -0.05) is 19.1 Å². The van der Waals surface area contributed by atoms with Gasteiger partial charge in [0.1, 0.15) is 6.04 Å². The molecule has 0 aromatic heterocycles. The second-order valence-corrected chi connectivity index (χ2v) is 7.58. The molecular weight excluding hydrogens is 408 g/mol. The van der Waals surface area contributed by atoms with Crippen molar-refractivity contribution < 1.29 is 24.0 Å².